The van der Waals surface area contributed by atoms with Crippen molar-refractivity contribution in [3.8, 4) is 0 Å². The lowest BCUT2D eigenvalue weighted by Gasteiger charge is -2.46. The second-order valence-corrected chi connectivity index (χ2v) is 6.83. The molecule has 1 aromatic rings. The van der Waals surface area contributed by atoms with E-state index in [0.29, 0.717) is 24.4 Å². The number of rotatable bonds is 2. The molecule has 5 heteroatoms. The van der Waals surface area contributed by atoms with Gasteiger partial charge in [-0.05, 0) is 67.6 Å². The average molecular weight is 304 g/mol. The number of hydrogen-bond acceptors (Lipinski definition) is 3. The molecule has 22 heavy (non-hydrogen) atoms. The van der Waals surface area contributed by atoms with Crippen LogP contribution in [0.25, 0.3) is 0 Å². The lowest BCUT2D eigenvalue weighted by Crippen LogP contribution is -2.44. The molecule has 1 unspecified atom stereocenters. The maximum atomic E-state index is 11.0. The molecule has 1 aromatic heterocycles. The number of aromatic nitrogens is 1. The van der Waals surface area contributed by atoms with Crippen molar-refractivity contribution < 1.29 is 15.0 Å². The number of likely N-dealkylation sites (tertiary alicyclic amines) is 1. The Bertz CT molecular complexity index is 502. The Labute approximate surface area is 131 Å². The number of hydrogen-bond donors (Lipinski definition) is 2. The van der Waals surface area contributed by atoms with Gasteiger partial charge in [-0.3, -0.25) is 4.98 Å². The minimum absolute atomic E-state index is 0.306. The van der Waals surface area contributed by atoms with Crippen molar-refractivity contribution in [2.75, 3.05) is 13.1 Å². The van der Waals surface area contributed by atoms with E-state index in [1.165, 1.54) is 4.90 Å². The summed E-state index contributed by atoms with van der Waals surface area (Å²) in [5.41, 5.74) is 1.26. The summed E-state index contributed by atoms with van der Waals surface area (Å²) in [5.74, 6) is 0.311. The molecule has 1 amide bonds. The molecule has 1 atom stereocenters. The molecule has 0 radical (unpaired) electrons. The Hall–Kier alpha value is -1.62. The zero-order chi connectivity index (χ0) is 15.6. The number of aliphatic hydroxyl groups is 1. The highest BCUT2D eigenvalue weighted by atomic mass is 16.4. The minimum atomic E-state index is -0.795. The first-order valence-electron chi connectivity index (χ1n) is 8.16. The molecule has 1 saturated carbocycles. The standard InChI is InChI=1S/C17H24N2O3/c20-15(14-3-9-18-10-4-14)13-1-5-17(6-2-13)7-11-19(12-8-17)16(21)22/h3-4,9-10,13,15,20H,1-2,5-8,11-12H2,(H,21,22). The maximum absolute atomic E-state index is 11.0. The van der Waals surface area contributed by atoms with Crippen LogP contribution in [0.15, 0.2) is 24.5 Å². The lowest BCUT2D eigenvalue weighted by atomic mass is 9.64. The first-order chi connectivity index (χ1) is 10.6. The van der Waals surface area contributed by atoms with E-state index in [4.69, 9.17) is 5.11 Å². The van der Waals surface area contributed by atoms with Gasteiger partial charge in [0.2, 0.25) is 0 Å². The van der Waals surface area contributed by atoms with E-state index in [1.807, 2.05) is 12.1 Å². The third kappa shape index (κ3) is 3.09. The Kier molecular flexibility index (Phi) is 4.34. The number of piperidine rings is 1. The summed E-state index contributed by atoms with van der Waals surface area (Å²) < 4.78 is 0. The highest BCUT2D eigenvalue weighted by Crippen LogP contribution is 2.48. The minimum Gasteiger partial charge on any atom is -0.465 e. The summed E-state index contributed by atoms with van der Waals surface area (Å²) in [6, 6.07) is 3.78. The highest BCUT2D eigenvalue weighted by Gasteiger charge is 2.40. The fraction of sp³-hybridized carbons (Fsp3) is 0.647. The first-order valence-corrected chi connectivity index (χ1v) is 8.16. The predicted molar refractivity (Wildman–Crippen MR) is 82.4 cm³/mol. The van der Waals surface area contributed by atoms with Crippen LogP contribution >= 0.6 is 0 Å². The second-order valence-electron chi connectivity index (χ2n) is 6.83. The van der Waals surface area contributed by atoms with Crippen molar-refractivity contribution in [3.05, 3.63) is 30.1 Å². The third-order valence-corrected chi connectivity index (χ3v) is 5.68. The van der Waals surface area contributed by atoms with Crippen LogP contribution in [0, 0.1) is 11.3 Å². The van der Waals surface area contributed by atoms with E-state index in [9.17, 15) is 9.90 Å². The van der Waals surface area contributed by atoms with Gasteiger partial charge in [0.1, 0.15) is 0 Å². The van der Waals surface area contributed by atoms with Crippen molar-refractivity contribution in [2.24, 2.45) is 11.3 Å². The molecule has 2 heterocycles. The van der Waals surface area contributed by atoms with Crippen LogP contribution in [0.4, 0.5) is 4.79 Å². The Morgan fingerprint density at radius 1 is 1.18 bits per heavy atom. The summed E-state index contributed by atoms with van der Waals surface area (Å²) >= 11 is 0. The van der Waals surface area contributed by atoms with Crippen LogP contribution in [0.2, 0.25) is 0 Å². The van der Waals surface area contributed by atoms with Gasteiger partial charge in [-0.1, -0.05) is 0 Å². The maximum Gasteiger partial charge on any atom is 0.407 e. The van der Waals surface area contributed by atoms with Crippen molar-refractivity contribution >= 4 is 6.09 Å². The molecule has 1 aliphatic heterocycles. The third-order valence-electron chi connectivity index (χ3n) is 5.68. The number of pyridine rings is 1. The predicted octanol–water partition coefficient (Wildman–Crippen LogP) is 3.07. The molecule has 1 saturated heterocycles. The van der Waals surface area contributed by atoms with Crippen molar-refractivity contribution in [1.29, 1.82) is 0 Å². The van der Waals surface area contributed by atoms with Crippen LogP contribution in [-0.2, 0) is 0 Å². The van der Waals surface area contributed by atoms with Crippen LogP contribution in [-0.4, -0.2) is 39.3 Å². The zero-order valence-corrected chi connectivity index (χ0v) is 12.8. The van der Waals surface area contributed by atoms with Crippen LogP contribution < -0.4 is 0 Å². The number of carboxylic acid groups (broad SMARTS) is 1. The molecular formula is C17H24N2O3. The summed E-state index contributed by atoms with van der Waals surface area (Å²) in [6.45, 7) is 1.32. The van der Waals surface area contributed by atoms with Gasteiger partial charge in [0.25, 0.3) is 0 Å². The molecule has 2 N–H and O–H groups in total. The fourth-order valence-electron chi connectivity index (χ4n) is 4.07. The Morgan fingerprint density at radius 2 is 1.77 bits per heavy atom. The van der Waals surface area contributed by atoms with Crippen LogP contribution in [0.5, 0.6) is 0 Å². The van der Waals surface area contributed by atoms with Crippen LogP contribution in [0.1, 0.15) is 50.2 Å². The lowest BCUT2D eigenvalue weighted by molar-refractivity contribution is 0.0141. The smallest absolute Gasteiger partial charge is 0.407 e. The molecule has 2 fully saturated rings. The van der Waals surface area contributed by atoms with Gasteiger partial charge in [-0.25, -0.2) is 4.79 Å². The van der Waals surface area contributed by atoms with Crippen molar-refractivity contribution in [1.82, 2.24) is 9.88 Å². The van der Waals surface area contributed by atoms with E-state index in [0.717, 1.165) is 44.1 Å². The van der Waals surface area contributed by atoms with E-state index >= 15 is 0 Å². The first kappa shape index (κ1) is 15.3. The van der Waals surface area contributed by atoms with E-state index in [1.54, 1.807) is 12.4 Å². The molecule has 0 aromatic carbocycles. The van der Waals surface area contributed by atoms with Gasteiger partial charge < -0.3 is 15.1 Å². The van der Waals surface area contributed by atoms with Gasteiger partial charge in [0.15, 0.2) is 0 Å². The summed E-state index contributed by atoms with van der Waals surface area (Å²) in [7, 11) is 0. The van der Waals surface area contributed by atoms with Gasteiger partial charge in [0.05, 0.1) is 6.10 Å². The summed E-state index contributed by atoms with van der Waals surface area (Å²) in [5, 5.41) is 19.6. The average Bonchev–Trinajstić information content (AvgIpc) is 2.56. The quantitative estimate of drug-likeness (QED) is 0.880. The molecule has 120 valence electrons. The largest absolute Gasteiger partial charge is 0.465 e. The monoisotopic (exact) mass is 304 g/mol. The fourth-order valence-corrected chi connectivity index (χ4v) is 4.07. The topological polar surface area (TPSA) is 73.7 Å². The SMILES string of the molecule is O=C(O)N1CCC2(CCC(C(O)c3ccncc3)CC2)CC1. The number of nitrogens with zero attached hydrogens (tertiary/aromatic N) is 2. The molecular weight excluding hydrogens is 280 g/mol. The molecule has 5 nitrogen and oxygen atoms in total. The summed E-state index contributed by atoms with van der Waals surface area (Å²) in [4.78, 5) is 16.5. The second kappa shape index (κ2) is 6.24. The Balaban J connectivity index is 1.56. The number of aliphatic hydroxyl groups excluding tert-OH is 1. The van der Waals surface area contributed by atoms with Crippen LogP contribution in [0.3, 0.4) is 0 Å². The van der Waals surface area contributed by atoms with Gasteiger partial charge in [0, 0.05) is 25.5 Å². The normalized spacial score (nSPS) is 23.4. The van der Waals surface area contributed by atoms with Gasteiger partial charge in [-0.2, -0.15) is 0 Å². The Morgan fingerprint density at radius 3 is 2.32 bits per heavy atom. The molecule has 1 spiro atoms. The van der Waals surface area contributed by atoms with E-state index in [2.05, 4.69) is 4.98 Å². The van der Waals surface area contributed by atoms with Crippen molar-refractivity contribution in [2.45, 2.75) is 44.6 Å². The van der Waals surface area contributed by atoms with Gasteiger partial charge >= 0.3 is 6.09 Å². The highest BCUT2D eigenvalue weighted by molar-refractivity contribution is 5.65. The number of amides is 1. The van der Waals surface area contributed by atoms with Crippen molar-refractivity contribution in [3.63, 3.8) is 0 Å². The number of carbonyl (C=O) groups is 1. The van der Waals surface area contributed by atoms with E-state index in [-0.39, 0.29) is 0 Å². The summed E-state index contributed by atoms with van der Waals surface area (Å²) in [6.07, 6.45) is 8.45. The van der Waals surface area contributed by atoms with E-state index < -0.39 is 12.2 Å². The molecule has 3 rings (SSSR count). The van der Waals surface area contributed by atoms with Gasteiger partial charge in [-0.15, -0.1) is 0 Å². The molecule has 0 bridgehead atoms. The zero-order valence-electron chi connectivity index (χ0n) is 12.8. The molecule has 2 aliphatic rings. The molecule has 1 aliphatic carbocycles.